The number of carbonyl (C=O) groups is 3. The number of unbranched alkanes of at least 4 members (excludes halogenated alkanes) is 31. The van der Waals surface area contributed by atoms with Crippen LogP contribution in [0.15, 0.2) is 12.2 Å². The van der Waals surface area contributed by atoms with Gasteiger partial charge in [-0.05, 0) is 64.2 Å². The van der Waals surface area contributed by atoms with Crippen LogP contribution in [0.25, 0.3) is 0 Å². The fourth-order valence-electron chi connectivity index (χ4n) is 7.39. The SMILES string of the molecule is CCCCCCCCCC/C=C\CCCCCC(CCCCCCCC(=O)NCC(=O)O)OC(=O)CCCCCCCCCCCCCCCCCCC. The molecule has 6 nitrogen and oxygen atoms in total. The highest BCUT2D eigenvalue weighted by Gasteiger charge is 2.14. The van der Waals surface area contributed by atoms with Crippen molar-refractivity contribution in [3.63, 3.8) is 0 Å². The summed E-state index contributed by atoms with van der Waals surface area (Å²) in [5.74, 6) is -1.22. The lowest BCUT2D eigenvalue weighted by Gasteiger charge is -2.18. The summed E-state index contributed by atoms with van der Waals surface area (Å²) in [7, 11) is 0. The highest BCUT2D eigenvalue weighted by atomic mass is 16.5. The van der Waals surface area contributed by atoms with E-state index in [1.807, 2.05) is 0 Å². The number of rotatable bonds is 44. The summed E-state index contributed by atoms with van der Waals surface area (Å²) in [6.45, 7) is 4.25. The lowest BCUT2D eigenvalue weighted by Crippen LogP contribution is -2.28. The molecule has 0 radical (unpaired) electrons. The molecular weight excluding hydrogens is 671 g/mol. The molecule has 54 heavy (non-hydrogen) atoms. The Morgan fingerprint density at radius 1 is 0.463 bits per heavy atom. The van der Waals surface area contributed by atoms with Crippen molar-refractivity contribution in [3.8, 4) is 0 Å². The zero-order chi connectivity index (χ0) is 39.4. The topological polar surface area (TPSA) is 92.7 Å². The Hall–Kier alpha value is -1.85. The Morgan fingerprint density at radius 3 is 1.20 bits per heavy atom. The number of aliphatic carboxylic acids is 1. The average Bonchev–Trinajstić information content (AvgIpc) is 3.16. The van der Waals surface area contributed by atoms with E-state index in [0.717, 1.165) is 70.6 Å². The highest BCUT2D eigenvalue weighted by Crippen LogP contribution is 2.19. The van der Waals surface area contributed by atoms with Crippen LogP contribution in [0, 0.1) is 0 Å². The van der Waals surface area contributed by atoms with Crippen molar-refractivity contribution in [1.29, 1.82) is 0 Å². The maximum Gasteiger partial charge on any atom is 0.322 e. The van der Waals surface area contributed by atoms with Crippen LogP contribution in [0.2, 0.25) is 0 Å². The summed E-state index contributed by atoms with van der Waals surface area (Å²) in [6.07, 6.45) is 52.0. The number of ether oxygens (including phenoxy) is 1. The second kappa shape index (κ2) is 43.9. The lowest BCUT2D eigenvalue weighted by molar-refractivity contribution is -0.150. The summed E-state index contributed by atoms with van der Waals surface area (Å²) < 4.78 is 6.05. The molecule has 1 amide bonds. The van der Waals surface area contributed by atoms with Gasteiger partial charge in [0.05, 0.1) is 0 Å². The Labute approximate surface area is 335 Å². The van der Waals surface area contributed by atoms with Crippen LogP contribution in [0.4, 0.5) is 0 Å². The van der Waals surface area contributed by atoms with E-state index in [2.05, 4.69) is 31.3 Å². The number of hydrogen-bond donors (Lipinski definition) is 2. The number of allylic oxidation sites excluding steroid dienone is 2. The molecule has 0 fully saturated rings. The van der Waals surface area contributed by atoms with Gasteiger partial charge < -0.3 is 15.2 Å². The predicted molar refractivity (Wildman–Crippen MR) is 231 cm³/mol. The third-order valence-electron chi connectivity index (χ3n) is 10.9. The average molecular weight is 762 g/mol. The highest BCUT2D eigenvalue weighted by molar-refractivity contribution is 5.80. The van der Waals surface area contributed by atoms with Crippen LogP contribution < -0.4 is 5.32 Å². The molecule has 0 aromatic heterocycles. The fraction of sp³-hybridized carbons (Fsp3) is 0.896. The number of carbonyl (C=O) groups excluding carboxylic acids is 2. The molecule has 0 saturated heterocycles. The van der Waals surface area contributed by atoms with Crippen LogP contribution in [-0.4, -0.2) is 35.6 Å². The number of carboxylic acids is 1. The van der Waals surface area contributed by atoms with E-state index in [1.54, 1.807) is 0 Å². The minimum absolute atomic E-state index is 0.0163. The van der Waals surface area contributed by atoms with Crippen molar-refractivity contribution >= 4 is 17.8 Å². The first-order chi connectivity index (χ1) is 26.5. The molecule has 6 heteroatoms. The second-order valence-corrected chi connectivity index (χ2v) is 16.4. The van der Waals surface area contributed by atoms with Crippen LogP contribution in [0.3, 0.4) is 0 Å². The second-order valence-electron chi connectivity index (χ2n) is 16.4. The summed E-state index contributed by atoms with van der Waals surface area (Å²) in [4.78, 5) is 35.1. The van der Waals surface area contributed by atoms with Gasteiger partial charge in [0.2, 0.25) is 5.91 Å². The van der Waals surface area contributed by atoms with E-state index in [-0.39, 0.29) is 24.5 Å². The molecule has 1 atom stereocenters. The molecule has 0 aliphatic rings. The number of hydrogen-bond acceptors (Lipinski definition) is 4. The molecular formula is C48H91NO5. The summed E-state index contributed by atoms with van der Waals surface area (Å²) in [5, 5.41) is 11.1. The van der Waals surface area contributed by atoms with E-state index in [0.29, 0.717) is 12.8 Å². The van der Waals surface area contributed by atoms with Gasteiger partial charge in [0.15, 0.2) is 0 Å². The Morgan fingerprint density at radius 2 is 0.796 bits per heavy atom. The fourth-order valence-corrected chi connectivity index (χ4v) is 7.39. The third kappa shape index (κ3) is 42.9. The van der Waals surface area contributed by atoms with Crippen LogP contribution in [0.5, 0.6) is 0 Å². The predicted octanol–water partition coefficient (Wildman–Crippen LogP) is 14.9. The van der Waals surface area contributed by atoms with E-state index < -0.39 is 5.97 Å². The zero-order valence-electron chi connectivity index (χ0n) is 36.1. The molecule has 0 aliphatic carbocycles. The van der Waals surface area contributed by atoms with Crippen molar-refractivity contribution in [2.45, 2.75) is 270 Å². The van der Waals surface area contributed by atoms with Gasteiger partial charge in [0.1, 0.15) is 12.6 Å². The number of carboxylic acid groups (broad SMARTS) is 1. The first-order valence-electron chi connectivity index (χ1n) is 23.8. The molecule has 0 aliphatic heterocycles. The quantitative estimate of drug-likeness (QED) is 0.0366. The summed E-state index contributed by atoms with van der Waals surface area (Å²) in [5.41, 5.74) is 0. The van der Waals surface area contributed by atoms with Crippen LogP contribution in [0.1, 0.15) is 264 Å². The first-order valence-corrected chi connectivity index (χ1v) is 23.8. The monoisotopic (exact) mass is 762 g/mol. The molecule has 0 aromatic rings. The molecule has 0 bridgehead atoms. The Balaban J connectivity index is 4.13. The van der Waals surface area contributed by atoms with Crippen molar-refractivity contribution in [1.82, 2.24) is 5.32 Å². The minimum Gasteiger partial charge on any atom is -0.480 e. The minimum atomic E-state index is -1.01. The van der Waals surface area contributed by atoms with Gasteiger partial charge in [-0.15, -0.1) is 0 Å². The molecule has 0 saturated carbocycles. The van der Waals surface area contributed by atoms with E-state index >= 15 is 0 Å². The van der Waals surface area contributed by atoms with E-state index in [9.17, 15) is 14.4 Å². The van der Waals surface area contributed by atoms with Crippen molar-refractivity contribution < 1.29 is 24.2 Å². The maximum atomic E-state index is 12.8. The van der Waals surface area contributed by atoms with Gasteiger partial charge in [-0.1, -0.05) is 199 Å². The van der Waals surface area contributed by atoms with Gasteiger partial charge in [-0.2, -0.15) is 0 Å². The molecule has 1 unspecified atom stereocenters. The molecule has 0 aromatic carbocycles. The molecule has 0 spiro atoms. The van der Waals surface area contributed by atoms with Gasteiger partial charge >= 0.3 is 11.9 Å². The van der Waals surface area contributed by atoms with Gasteiger partial charge in [0.25, 0.3) is 0 Å². The smallest absolute Gasteiger partial charge is 0.322 e. The first kappa shape index (κ1) is 52.2. The largest absolute Gasteiger partial charge is 0.480 e. The Kier molecular flexibility index (Phi) is 42.4. The van der Waals surface area contributed by atoms with E-state index in [1.165, 1.54) is 167 Å². The van der Waals surface area contributed by atoms with Gasteiger partial charge in [-0.25, -0.2) is 0 Å². The maximum absolute atomic E-state index is 12.8. The lowest BCUT2D eigenvalue weighted by atomic mass is 10.0. The Bertz CT molecular complexity index is 843. The zero-order valence-corrected chi connectivity index (χ0v) is 36.1. The number of nitrogens with one attached hydrogen (secondary N) is 1. The van der Waals surface area contributed by atoms with Crippen LogP contribution >= 0.6 is 0 Å². The van der Waals surface area contributed by atoms with Crippen LogP contribution in [-0.2, 0) is 19.1 Å². The standard InChI is InChI=1S/C48H91NO5/c1-3-5-7-9-11-13-15-17-19-20-22-24-26-28-30-35-39-43-48(53)54-45(41-37-33-31-34-38-42-46(50)49-44-47(51)52)40-36-32-29-27-25-23-21-18-16-14-12-10-8-6-4-2/h23,25,45H,3-22,24,26-44H2,1-2H3,(H,49,50)(H,51,52)/b25-23-. The summed E-state index contributed by atoms with van der Waals surface area (Å²) in [6, 6.07) is 0. The molecule has 2 N–H and O–H groups in total. The van der Waals surface area contributed by atoms with Crippen molar-refractivity contribution in [2.24, 2.45) is 0 Å². The third-order valence-corrected chi connectivity index (χ3v) is 10.9. The molecule has 0 heterocycles. The van der Waals surface area contributed by atoms with Gasteiger partial charge in [0, 0.05) is 12.8 Å². The molecule has 0 rings (SSSR count). The van der Waals surface area contributed by atoms with Gasteiger partial charge in [-0.3, -0.25) is 14.4 Å². The number of esters is 1. The summed E-state index contributed by atoms with van der Waals surface area (Å²) >= 11 is 0. The van der Waals surface area contributed by atoms with Crippen molar-refractivity contribution in [3.05, 3.63) is 12.2 Å². The van der Waals surface area contributed by atoms with E-state index in [4.69, 9.17) is 9.84 Å². The normalized spacial score (nSPS) is 12.0. The molecule has 318 valence electrons. The van der Waals surface area contributed by atoms with Crippen molar-refractivity contribution in [2.75, 3.05) is 6.54 Å². The number of amides is 1.